The molecule has 1 aliphatic carbocycles. The molecule has 0 aromatic carbocycles. The van der Waals surface area contributed by atoms with Crippen molar-refractivity contribution in [1.82, 2.24) is 19.7 Å². The number of hydrogen-bond acceptors (Lipinski definition) is 4. The minimum atomic E-state index is -2.48. The molecule has 1 aromatic heterocycles. The summed E-state index contributed by atoms with van der Waals surface area (Å²) in [5, 5.41) is 7.20. The molecule has 3 heterocycles. The summed E-state index contributed by atoms with van der Waals surface area (Å²) >= 11 is 0. The third-order valence-electron chi connectivity index (χ3n) is 5.92. The molecule has 4 atom stereocenters. The number of carbonyl (C=O) groups excluding carboxylic acids is 1. The van der Waals surface area contributed by atoms with Crippen LogP contribution in [0, 0.1) is 11.8 Å². The fourth-order valence-electron chi connectivity index (χ4n) is 4.48. The normalized spacial score (nSPS) is 31.1. The number of nitrogens with zero attached hydrogens (tertiary/aromatic N) is 4. The van der Waals surface area contributed by atoms with Crippen LogP contribution >= 0.6 is 0 Å². The molecule has 142 valence electrons. The zero-order chi connectivity index (χ0) is 18.1. The highest BCUT2D eigenvalue weighted by Gasteiger charge is 2.39. The summed E-state index contributed by atoms with van der Waals surface area (Å²) in [6, 6.07) is -1.05. The number of likely N-dealkylation sites (tertiary alicyclic amines) is 1. The molecule has 3 aliphatic rings. The number of rotatable bonds is 4. The third-order valence-corrected chi connectivity index (χ3v) is 5.92. The van der Waals surface area contributed by atoms with E-state index in [9.17, 15) is 13.6 Å². The predicted octanol–water partition coefficient (Wildman–Crippen LogP) is 2.86. The number of carbonyl (C=O) groups is 1. The SMILES string of the molecule is O=C(C[C@@H]1C=CCC1)N1CCC[C@H]([C@@H]2C[C@H](C(F)F)n3ncnc3N2)C1. The molecule has 1 N–H and O–H groups in total. The molecule has 8 heteroatoms. The van der Waals surface area contributed by atoms with Gasteiger partial charge in [-0.15, -0.1) is 0 Å². The van der Waals surface area contributed by atoms with Crippen LogP contribution in [0.5, 0.6) is 0 Å². The predicted molar refractivity (Wildman–Crippen MR) is 92.9 cm³/mol. The standard InChI is InChI=1S/C18H25F2N5O/c19-17(20)15-9-14(23-18-21-11-22-25(15)18)13-6-3-7-24(10-13)16(26)8-12-4-1-2-5-12/h1,4,11-15,17H,2-3,5-10H2,(H,21,22,23)/t12-,13+,14+,15-/m1/s1. The molecule has 2 aliphatic heterocycles. The van der Waals surface area contributed by atoms with E-state index in [0.717, 1.165) is 32.2 Å². The maximum atomic E-state index is 13.5. The fourth-order valence-corrected chi connectivity index (χ4v) is 4.48. The Labute approximate surface area is 151 Å². The Kier molecular flexibility index (Phi) is 4.91. The summed E-state index contributed by atoms with van der Waals surface area (Å²) in [4.78, 5) is 18.6. The maximum Gasteiger partial charge on any atom is 0.260 e. The van der Waals surface area contributed by atoms with Crippen molar-refractivity contribution >= 4 is 11.9 Å². The van der Waals surface area contributed by atoms with Crippen molar-refractivity contribution in [3.8, 4) is 0 Å². The first-order valence-corrected chi connectivity index (χ1v) is 9.50. The first kappa shape index (κ1) is 17.4. The fraction of sp³-hybridized carbons (Fsp3) is 0.722. The summed E-state index contributed by atoms with van der Waals surface area (Å²) in [6.07, 6.45) is 7.96. The van der Waals surface area contributed by atoms with Crippen molar-refractivity contribution < 1.29 is 13.6 Å². The monoisotopic (exact) mass is 365 g/mol. The number of amides is 1. The lowest BCUT2D eigenvalue weighted by molar-refractivity contribution is -0.133. The van der Waals surface area contributed by atoms with Gasteiger partial charge >= 0.3 is 0 Å². The van der Waals surface area contributed by atoms with Crippen molar-refractivity contribution in [2.75, 3.05) is 18.4 Å². The van der Waals surface area contributed by atoms with E-state index in [1.807, 2.05) is 4.90 Å². The van der Waals surface area contributed by atoms with Crippen LogP contribution in [0.3, 0.4) is 0 Å². The number of aromatic nitrogens is 3. The van der Waals surface area contributed by atoms with Crippen LogP contribution in [-0.4, -0.2) is 51.1 Å². The van der Waals surface area contributed by atoms with Gasteiger partial charge in [0.15, 0.2) is 0 Å². The van der Waals surface area contributed by atoms with Gasteiger partial charge in [-0.25, -0.2) is 13.5 Å². The van der Waals surface area contributed by atoms with Gasteiger partial charge in [-0.3, -0.25) is 4.79 Å². The molecule has 0 unspecified atom stereocenters. The quantitative estimate of drug-likeness (QED) is 0.834. The molecule has 0 spiro atoms. The van der Waals surface area contributed by atoms with Crippen LogP contribution in [0.1, 0.15) is 44.6 Å². The molecule has 1 saturated heterocycles. The number of allylic oxidation sites excluding steroid dienone is 2. The van der Waals surface area contributed by atoms with E-state index in [-0.39, 0.29) is 17.9 Å². The molecule has 1 amide bonds. The molecular formula is C18H25F2N5O. The number of fused-ring (bicyclic) bond motifs is 1. The topological polar surface area (TPSA) is 63.1 Å². The Bertz CT molecular complexity index is 676. The molecule has 0 radical (unpaired) electrons. The van der Waals surface area contributed by atoms with E-state index in [4.69, 9.17) is 0 Å². The highest BCUT2D eigenvalue weighted by Crippen LogP contribution is 2.35. The Morgan fingerprint density at radius 1 is 1.38 bits per heavy atom. The van der Waals surface area contributed by atoms with Crippen molar-refractivity contribution in [3.05, 3.63) is 18.5 Å². The van der Waals surface area contributed by atoms with Crippen LogP contribution in [-0.2, 0) is 4.79 Å². The Morgan fingerprint density at radius 2 is 2.27 bits per heavy atom. The summed E-state index contributed by atoms with van der Waals surface area (Å²) < 4.78 is 28.2. The van der Waals surface area contributed by atoms with Gasteiger partial charge in [-0.1, -0.05) is 12.2 Å². The third kappa shape index (κ3) is 3.46. The van der Waals surface area contributed by atoms with E-state index in [0.29, 0.717) is 31.3 Å². The number of nitrogens with one attached hydrogen (secondary N) is 1. The number of alkyl halides is 2. The largest absolute Gasteiger partial charge is 0.351 e. The average molecular weight is 365 g/mol. The lowest BCUT2D eigenvalue weighted by atomic mass is 9.86. The van der Waals surface area contributed by atoms with Gasteiger partial charge in [0.1, 0.15) is 12.4 Å². The first-order valence-electron chi connectivity index (χ1n) is 9.50. The van der Waals surface area contributed by atoms with Gasteiger partial charge in [0, 0.05) is 25.6 Å². The molecule has 0 saturated carbocycles. The molecular weight excluding hydrogens is 340 g/mol. The number of halogens is 2. The smallest absolute Gasteiger partial charge is 0.260 e. The van der Waals surface area contributed by atoms with Gasteiger partial charge in [-0.05, 0) is 43.9 Å². The second-order valence-electron chi connectivity index (χ2n) is 7.63. The molecule has 1 aromatic rings. The van der Waals surface area contributed by atoms with Crippen molar-refractivity contribution in [2.45, 2.75) is 57.0 Å². The summed E-state index contributed by atoms with van der Waals surface area (Å²) in [6.45, 7) is 1.41. The van der Waals surface area contributed by atoms with Crippen LogP contribution in [0.25, 0.3) is 0 Å². The Morgan fingerprint density at radius 3 is 3.04 bits per heavy atom. The van der Waals surface area contributed by atoms with E-state index in [2.05, 4.69) is 27.6 Å². The average Bonchev–Trinajstić information content (AvgIpc) is 3.32. The second kappa shape index (κ2) is 7.32. The van der Waals surface area contributed by atoms with E-state index < -0.39 is 12.5 Å². The minimum Gasteiger partial charge on any atom is -0.351 e. The summed E-state index contributed by atoms with van der Waals surface area (Å²) in [7, 11) is 0. The van der Waals surface area contributed by atoms with Crippen molar-refractivity contribution in [2.24, 2.45) is 11.8 Å². The van der Waals surface area contributed by atoms with Gasteiger partial charge in [-0.2, -0.15) is 10.1 Å². The number of hydrogen-bond donors (Lipinski definition) is 1. The number of anilines is 1. The summed E-state index contributed by atoms with van der Waals surface area (Å²) in [5.74, 6) is 1.12. The number of piperidine rings is 1. The van der Waals surface area contributed by atoms with Crippen LogP contribution in [0.4, 0.5) is 14.7 Å². The first-order chi connectivity index (χ1) is 12.6. The molecule has 26 heavy (non-hydrogen) atoms. The Hall–Kier alpha value is -1.99. The van der Waals surface area contributed by atoms with Crippen LogP contribution in [0.15, 0.2) is 18.5 Å². The highest BCUT2D eigenvalue weighted by molar-refractivity contribution is 5.76. The lowest BCUT2D eigenvalue weighted by Gasteiger charge is -2.40. The zero-order valence-corrected chi connectivity index (χ0v) is 14.7. The van der Waals surface area contributed by atoms with E-state index in [1.165, 1.54) is 11.0 Å². The van der Waals surface area contributed by atoms with Gasteiger partial charge < -0.3 is 10.2 Å². The van der Waals surface area contributed by atoms with Gasteiger partial charge in [0.05, 0.1) is 0 Å². The second-order valence-corrected chi connectivity index (χ2v) is 7.63. The van der Waals surface area contributed by atoms with Crippen LogP contribution < -0.4 is 5.32 Å². The summed E-state index contributed by atoms with van der Waals surface area (Å²) in [5.41, 5.74) is 0. The van der Waals surface area contributed by atoms with E-state index in [1.54, 1.807) is 0 Å². The van der Waals surface area contributed by atoms with Crippen molar-refractivity contribution in [1.29, 1.82) is 0 Å². The Balaban J connectivity index is 1.41. The van der Waals surface area contributed by atoms with Gasteiger partial charge in [0.2, 0.25) is 11.9 Å². The van der Waals surface area contributed by atoms with Gasteiger partial charge in [0.25, 0.3) is 6.43 Å². The maximum absolute atomic E-state index is 13.5. The minimum absolute atomic E-state index is 0.104. The zero-order valence-electron chi connectivity index (χ0n) is 14.7. The van der Waals surface area contributed by atoms with Crippen LogP contribution in [0.2, 0.25) is 0 Å². The molecule has 0 bridgehead atoms. The highest BCUT2D eigenvalue weighted by atomic mass is 19.3. The lowest BCUT2D eigenvalue weighted by Crippen LogP contribution is -2.48. The molecule has 6 nitrogen and oxygen atoms in total. The van der Waals surface area contributed by atoms with Crippen molar-refractivity contribution in [3.63, 3.8) is 0 Å². The molecule has 4 rings (SSSR count). The molecule has 1 fully saturated rings. The van der Waals surface area contributed by atoms with E-state index >= 15 is 0 Å².